The molecule has 2 N–H and O–H groups in total. The highest BCUT2D eigenvalue weighted by molar-refractivity contribution is 6.08. The molecule has 2 unspecified atom stereocenters. The minimum atomic E-state index is -4.69. The molecule has 12 heteroatoms. The molecule has 1 aliphatic carbocycles. The number of hydrogen-bond donors (Lipinski definition) is 2. The fourth-order valence-corrected chi connectivity index (χ4v) is 6.00. The number of para-hydroxylation sites is 1. The van der Waals surface area contributed by atoms with Gasteiger partial charge >= 0.3 is 6.18 Å². The smallest absolute Gasteiger partial charge is 0.339 e. The molecule has 0 fully saturated rings. The molecule has 6 rings (SSSR count). The first kappa shape index (κ1) is 30.8. The Hall–Kier alpha value is -5.26. The van der Waals surface area contributed by atoms with Gasteiger partial charge in [0, 0.05) is 29.2 Å². The van der Waals surface area contributed by atoms with Crippen molar-refractivity contribution in [3.8, 4) is 5.69 Å². The maximum absolute atomic E-state index is 14.3. The van der Waals surface area contributed by atoms with E-state index in [-0.39, 0.29) is 23.8 Å². The number of anilines is 2. The highest BCUT2D eigenvalue weighted by atomic mass is 19.4. The highest BCUT2D eigenvalue weighted by Crippen LogP contribution is 2.46. The zero-order valence-corrected chi connectivity index (χ0v) is 24.6. The molecule has 0 bridgehead atoms. The number of allylic oxidation sites excluding steroid dienone is 1. The van der Waals surface area contributed by atoms with Crippen molar-refractivity contribution in [2.24, 2.45) is 0 Å². The van der Waals surface area contributed by atoms with E-state index in [4.69, 9.17) is 5.10 Å². The molecule has 1 aliphatic heterocycles. The van der Waals surface area contributed by atoms with Crippen molar-refractivity contribution in [3.63, 3.8) is 0 Å². The molecule has 2 atom stereocenters. The van der Waals surface area contributed by atoms with Crippen LogP contribution in [0.3, 0.4) is 0 Å². The minimum Gasteiger partial charge on any atom is -0.339 e. The molecule has 0 saturated heterocycles. The summed E-state index contributed by atoms with van der Waals surface area (Å²) in [6, 6.07) is 16.9. The number of amides is 3. The number of fused-ring (bicyclic) bond motifs is 1. The topological polar surface area (TPSA) is 96.3 Å². The number of rotatable bonds is 7. The normalized spacial score (nSPS) is 17.8. The second-order valence-corrected chi connectivity index (χ2v) is 11.1. The third-order valence-electron chi connectivity index (χ3n) is 8.18. The SMILES string of the molecule is CCN1C(=O)C(NC(=O)c2cccc(C(F)(F)F)c2)C(c2ccc(F)cc2)c2c(NC(=O)C3=CCCC3)nn(-c3ccccc3)c21. The molecule has 3 aromatic carbocycles. The van der Waals surface area contributed by atoms with E-state index in [1.54, 1.807) is 31.2 Å². The van der Waals surface area contributed by atoms with Crippen molar-refractivity contribution in [2.75, 3.05) is 16.8 Å². The van der Waals surface area contributed by atoms with Gasteiger partial charge in [-0.2, -0.15) is 13.2 Å². The van der Waals surface area contributed by atoms with Crippen LogP contribution in [-0.4, -0.2) is 40.1 Å². The van der Waals surface area contributed by atoms with E-state index in [1.807, 2.05) is 12.1 Å². The Kier molecular flexibility index (Phi) is 8.20. The highest BCUT2D eigenvalue weighted by Gasteiger charge is 2.46. The molecule has 1 aromatic heterocycles. The third kappa shape index (κ3) is 5.78. The van der Waals surface area contributed by atoms with Crippen molar-refractivity contribution < 1.29 is 31.9 Å². The van der Waals surface area contributed by atoms with Crippen LogP contribution in [0.1, 0.15) is 59.2 Å². The Balaban J connectivity index is 1.53. The summed E-state index contributed by atoms with van der Waals surface area (Å²) in [5, 5.41) is 10.3. The van der Waals surface area contributed by atoms with E-state index >= 15 is 0 Å². The first-order valence-electron chi connectivity index (χ1n) is 14.8. The van der Waals surface area contributed by atoms with Crippen molar-refractivity contribution in [2.45, 2.75) is 44.3 Å². The summed E-state index contributed by atoms with van der Waals surface area (Å²) >= 11 is 0. The minimum absolute atomic E-state index is 0.134. The van der Waals surface area contributed by atoms with Crippen molar-refractivity contribution >= 4 is 29.4 Å². The largest absolute Gasteiger partial charge is 0.416 e. The number of likely N-dealkylation sites (N-methyl/N-ethyl adjacent to an activating group) is 1. The van der Waals surface area contributed by atoms with E-state index in [0.717, 1.165) is 25.0 Å². The predicted molar refractivity (Wildman–Crippen MR) is 163 cm³/mol. The molecule has 8 nitrogen and oxygen atoms in total. The summed E-state index contributed by atoms with van der Waals surface area (Å²) in [5.41, 5.74) is 0.682. The maximum Gasteiger partial charge on any atom is 0.416 e. The quantitative estimate of drug-likeness (QED) is 0.232. The number of hydrogen-bond acceptors (Lipinski definition) is 4. The van der Waals surface area contributed by atoms with Crippen LogP contribution in [0.25, 0.3) is 5.69 Å². The predicted octanol–water partition coefficient (Wildman–Crippen LogP) is 6.38. The van der Waals surface area contributed by atoms with E-state index in [0.29, 0.717) is 40.7 Å². The molecule has 0 saturated carbocycles. The number of alkyl halides is 3. The molecule has 46 heavy (non-hydrogen) atoms. The van der Waals surface area contributed by atoms with Gasteiger partial charge in [0.1, 0.15) is 17.7 Å². The van der Waals surface area contributed by atoms with Crippen molar-refractivity contribution in [1.82, 2.24) is 15.1 Å². The Bertz CT molecular complexity index is 1830. The number of benzene rings is 3. The van der Waals surface area contributed by atoms with E-state index < -0.39 is 41.3 Å². The van der Waals surface area contributed by atoms with Gasteiger partial charge in [-0.1, -0.05) is 42.5 Å². The molecule has 236 valence electrons. The second kappa shape index (κ2) is 12.3. The van der Waals surface area contributed by atoms with Crippen LogP contribution in [0.2, 0.25) is 0 Å². The van der Waals surface area contributed by atoms with Crippen molar-refractivity contribution in [3.05, 3.63) is 119 Å². The van der Waals surface area contributed by atoms with Gasteiger partial charge in [-0.15, -0.1) is 5.10 Å². The molecule has 3 amide bonds. The maximum atomic E-state index is 14.3. The van der Waals surface area contributed by atoms with Gasteiger partial charge in [0.25, 0.3) is 17.7 Å². The average molecular weight is 632 g/mol. The van der Waals surface area contributed by atoms with Gasteiger partial charge in [-0.3, -0.25) is 19.3 Å². The Morgan fingerprint density at radius 2 is 1.72 bits per heavy atom. The summed E-state index contributed by atoms with van der Waals surface area (Å²) in [4.78, 5) is 42.6. The number of carbonyl (C=O) groups is 3. The number of nitrogens with one attached hydrogen (secondary N) is 2. The lowest BCUT2D eigenvalue weighted by Gasteiger charge is -2.38. The van der Waals surface area contributed by atoms with Gasteiger partial charge in [0.15, 0.2) is 5.82 Å². The van der Waals surface area contributed by atoms with E-state index in [9.17, 15) is 31.9 Å². The lowest BCUT2D eigenvalue weighted by molar-refractivity contribution is -0.137. The molecular formula is C34H29F4N5O3. The first-order valence-corrected chi connectivity index (χ1v) is 14.8. The van der Waals surface area contributed by atoms with Gasteiger partial charge in [-0.25, -0.2) is 9.07 Å². The van der Waals surface area contributed by atoms with Crippen LogP contribution < -0.4 is 15.5 Å². The van der Waals surface area contributed by atoms with Crippen molar-refractivity contribution in [1.29, 1.82) is 0 Å². The molecule has 2 heterocycles. The zero-order chi connectivity index (χ0) is 32.6. The molecular weight excluding hydrogens is 602 g/mol. The standard InChI is InChI=1S/C34H29F4N5O3/c1-2-42-32-27(29(40-30(44)21-9-6-7-10-21)41-43(32)25-13-4-3-5-14-25)26(20-15-17-24(35)18-16-20)28(33(42)46)39-31(45)22-11-8-12-23(19-22)34(36,37)38/h3-5,8-9,11-19,26,28H,2,6-7,10H2,1H3,(H,39,45)(H,40,41,44). The van der Waals surface area contributed by atoms with Gasteiger partial charge in [0.05, 0.1) is 11.3 Å². The summed E-state index contributed by atoms with van der Waals surface area (Å²) in [6.45, 7) is 1.87. The molecule has 0 spiro atoms. The third-order valence-corrected chi connectivity index (χ3v) is 8.18. The Morgan fingerprint density at radius 1 is 0.978 bits per heavy atom. The van der Waals surface area contributed by atoms with Crippen LogP contribution >= 0.6 is 0 Å². The van der Waals surface area contributed by atoms with Gasteiger partial charge in [0.2, 0.25) is 0 Å². The number of halogens is 4. The van der Waals surface area contributed by atoms with Crippen LogP contribution in [0.5, 0.6) is 0 Å². The van der Waals surface area contributed by atoms with Crippen LogP contribution in [-0.2, 0) is 15.8 Å². The summed E-state index contributed by atoms with van der Waals surface area (Å²) in [7, 11) is 0. The second-order valence-electron chi connectivity index (χ2n) is 11.1. The molecule has 2 aliphatic rings. The number of nitrogens with zero attached hydrogens (tertiary/aromatic N) is 3. The monoisotopic (exact) mass is 631 g/mol. The zero-order valence-electron chi connectivity index (χ0n) is 24.6. The fraction of sp³-hybridized carbons (Fsp3) is 0.235. The van der Waals surface area contributed by atoms with Gasteiger partial charge < -0.3 is 10.6 Å². The van der Waals surface area contributed by atoms with E-state index in [1.165, 1.54) is 39.9 Å². The van der Waals surface area contributed by atoms with Crippen LogP contribution in [0.4, 0.5) is 29.2 Å². The fourth-order valence-electron chi connectivity index (χ4n) is 6.00. The Labute approximate surface area is 261 Å². The van der Waals surface area contributed by atoms with Crippen LogP contribution in [0, 0.1) is 5.82 Å². The number of carbonyl (C=O) groups excluding carboxylic acids is 3. The summed E-state index contributed by atoms with van der Waals surface area (Å²) < 4.78 is 56.1. The lowest BCUT2D eigenvalue weighted by Crippen LogP contribution is -2.55. The Morgan fingerprint density at radius 3 is 2.37 bits per heavy atom. The number of aromatic nitrogens is 2. The first-order chi connectivity index (χ1) is 22.1. The summed E-state index contributed by atoms with van der Waals surface area (Å²) in [5.74, 6) is -2.89. The lowest BCUT2D eigenvalue weighted by atomic mass is 9.81. The molecule has 4 aromatic rings. The van der Waals surface area contributed by atoms with E-state index in [2.05, 4.69) is 10.6 Å². The van der Waals surface area contributed by atoms with Gasteiger partial charge in [-0.05, 0) is 74.2 Å². The average Bonchev–Trinajstić information content (AvgIpc) is 3.72. The van der Waals surface area contributed by atoms with Crippen LogP contribution in [0.15, 0.2) is 90.5 Å². The molecule has 0 radical (unpaired) electrons. The summed E-state index contributed by atoms with van der Waals surface area (Å²) in [6.07, 6.45) is -0.647.